The number of hydrogen-bond acceptors (Lipinski definition) is 4. The normalized spacial score (nSPS) is 19.6. The van der Waals surface area contributed by atoms with Crippen LogP contribution in [0.25, 0.3) is 0 Å². The molecule has 6 heteroatoms. The standard InChI is InChI=1S/C21H34BNO4/c1-19(2,3)25-18(24)23(8)17(15-14-16-12-10-9-11-13-16)22-26-20(4,5)21(6,7)27-22/h9-13,17H,14-15H2,1-8H3. The topological polar surface area (TPSA) is 48.0 Å². The van der Waals surface area contributed by atoms with Gasteiger partial charge in [-0.25, -0.2) is 4.79 Å². The Hall–Kier alpha value is -1.53. The van der Waals surface area contributed by atoms with Crippen LogP contribution in [0.3, 0.4) is 0 Å². The van der Waals surface area contributed by atoms with Gasteiger partial charge in [-0.2, -0.15) is 0 Å². The summed E-state index contributed by atoms with van der Waals surface area (Å²) in [6.45, 7) is 13.7. The number of carbonyl (C=O) groups is 1. The first-order valence-corrected chi connectivity index (χ1v) is 9.68. The maximum absolute atomic E-state index is 12.7. The Morgan fingerprint density at radius 3 is 2.11 bits per heavy atom. The molecule has 0 N–H and O–H groups in total. The molecule has 1 aliphatic heterocycles. The quantitative estimate of drug-likeness (QED) is 0.712. The second-order valence-corrected chi connectivity index (χ2v) is 9.31. The number of amides is 1. The summed E-state index contributed by atoms with van der Waals surface area (Å²) >= 11 is 0. The van der Waals surface area contributed by atoms with E-state index in [0.717, 1.165) is 12.8 Å². The predicted molar refractivity (Wildman–Crippen MR) is 109 cm³/mol. The van der Waals surface area contributed by atoms with E-state index >= 15 is 0 Å². The molecular formula is C21H34BNO4. The summed E-state index contributed by atoms with van der Waals surface area (Å²) in [5.41, 5.74) is -0.225. The van der Waals surface area contributed by atoms with E-state index < -0.39 is 23.9 Å². The van der Waals surface area contributed by atoms with Crippen molar-refractivity contribution < 1.29 is 18.8 Å². The van der Waals surface area contributed by atoms with Crippen molar-refractivity contribution in [2.75, 3.05) is 7.05 Å². The van der Waals surface area contributed by atoms with Crippen molar-refractivity contribution in [1.29, 1.82) is 0 Å². The molecule has 1 heterocycles. The summed E-state index contributed by atoms with van der Waals surface area (Å²) in [6, 6.07) is 10.2. The van der Waals surface area contributed by atoms with Gasteiger partial charge in [0, 0.05) is 7.05 Å². The molecule has 27 heavy (non-hydrogen) atoms. The first-order valence-electron chi connectivity index (χ1n) is 9.68. The van der Waals surface area contributed by atoms with Gasteiger partial charge in [-0.1, -0.05) is 30.3 Å². The highest BCUT2D eigenvalue weighted by atomic mass is 16.7. The number of rotatable bonds is 5. The number of nitrogens with zero attached hydrogens (tertiary/aromatic N) is 1. The average Bonchev–Trinajstić information content (AvgIpc) is 2.74. The van der Waals surface area contributed by atoms with Crippen molar-refractivity contribution in [3.8, 4) is 0 Å². The first-order chi connectivity index (χ1) is 12.3. The summed E-state index contributed by atoms with van der Waals surface area (Å²) in [7, 11) is 1.26. The fourth-order valence-corrected chi connectivity index (χ4v) is 2.99. The van der Waals surface area contributed by atoms with Crippen LogP contribution in [0.15, 0.2) is 30.3 Å². The minimum absolute atomic E-state index is 0.249. The van der Waals surface area contributed by atoms with E-state index in [4.69, 9.17) is 14.0 Å². The Labute approximate surface area is 164 Å². The molecule has 1 atom stereocenters. The molecule has 0 saturated carbocycles. The molecule has 0 bridgehead atoms. The van der Waals surface area contributed by atoms with E-state index in [-0.39, 0.29) is 12.0 Å². The summed E-state index contributed by atoms with van der Waals surface area (Å²) in [4.78, 5) is 14.3. The van der Waals surface area contributed by atoms with Crippen LogP contribution in [-0.4, -0.2) is 47.9 Å². The largest absolute Gasteiger partial charge is 0.482 e. The summed E-state index contributed by atoms with van der Waals surface area (Å²) in [5.74, 6) is -0.249. The zero-order valence-corrected chi connectivity index (χ0v) is 18.0. The van der Waals surface area contributed by atoms with Crippen LogP contribution in [0.2, 0.25) is 0 Å². The molecular weight excluding hydrogens is 341 g/mol. The van der Waals surface area contributed by atoms with Crippen LogP contribution in [0, 0.1) is 0 Å². The van der Waals surface area contributed by atoms with Crippen LogP contribution >= 0.6 is 0 Å². The Balaban J connectivity index is 2.19. The molecule has 1 fully saturated rings. The third-order valence-corrected chi connectivity index (χ3v) is 5.34. The van der Waals surface area contributed by atoms with Crippen LogP contribution in [-0.2, 0) is 20.5 Å². The van der Waals surface area contributed by atoms with Gasteiger partial charge in [0.05, 0.1) is 17.1 Å². The highest BCUT2D eigenvalue weighted by Gasteiger charge is 2.55. The second kappa shape index (κ2) is 7.84. The van der Waals surface area contributed by atoms with Crippen molar-refractivity contribution in [3.63, 3.8) is 0 Å². The first kappa shape index (κ1) is 21.8. The predicted octanol–water partition coefficient (Wildman–Crippen LogP) is 4.49. The number of carbonyl (C=O) groups excluding carboxylic acids is 1. The highest BCUT2D eigenvalue weighted by molar-refractivity contribution is 6.47. The minimum Gasteiger partial charge on any atom is -0.444 e. The zero-order valence-electron chi connectivity index (χ0n) is 18.0. The van der Waals surface area contributed by atoms with E-state index in [0.29, 0.717) is 0 Å². The van der Waals surface area contributed by atoms with E-state index in [1.165, 1.54) is 5.56 Å². The van der Waals surface area contributed by atoms with E-state index in [1.807, 2.05) is 66.7 Å². The fraction of sp³-hybridized carbons (Fsp3) is 0.667. The SMILES string of the molecule is CN(C(=O)OC(C)(C)C)C(CCc1ccccc1)B1OC(C)(C)C(C)(C)O1. The number of benzene rings is 1. The lowest BCUT2D eigenvalue weighted by molar-refractivity contribution is 0.00578. The fourth-order valence-electron chi connectivity index (χ4n) is 2.99. The maximum Gasteiger partial charge on any atom is 0.482 e. The van der Waals surface area contributed by atoms with Gasteiger partial charge in [0.15, 0.2) is 0 Å². The lowest BCUT2D eigenvalue weighted by Gasteiger charge is -2.32. The van der Waals surface area contributed by atoms with E-state index in [9.17, 15) is 4.79 Å². The van der Waals surface area contributed by atoms with Gasteiger partial charge in [0.2, 0.25) is 0 Å². The molecule has 0 spiro atoms. The smallest absolute Gasteiger partial charge is 0.444 e. The molecule has 1 aromatic rings. The van der Waals surface area contributed by atoms with Gasteiger partial charge in [-0.3, -0.25) is 0 Å². The maximum atomic E-state index is 12.7. The number of hydrogen-bond donors (Lipinski definition) is 0. The second-order valence-electron chi connectivity index (χ2n) is 9.31. The highest BCUT2D eigenvalue weighted by Crippen LogP contribution is 2.38. The summed E-state index contributed by atoms with van der Waals surface area (Å²) in [5, 5.41) is 0. The van der Waals surface area contributed by atoms with E-state index in [2.05, 4.69) is 12.1 Å². The Bertz CT molecular complexity index is 623. The number of ether oxygens (including phenoxy) is 1. The Morgan fingerprint density at radius 2 is 1.63 bits per heavy atom. The van der Waals surface area contributed by atoms with Gasteiger partial charge >= 0.3 is 13.2 Å². The zero-order chi connectivity index (χ0) is 20.5. The van der Waals surface area contributed by atoms with Crippen LogP contribution in [0.5, 0.6) is 0 Å². The summed E-state index contributed by atoms with van der Waals surface area (Å²) < 4.78 is 18.1. The molecule has 0 radical (unpaired) electrons. The minimum atomic E-state index is -0.550. The molecule has 150 valence electrons. The van der Waals surface area contributed by atoms with Crippen molar-refractivity contribution >= 4 is 13.2 Å². The van der Waals surface area contributed by atoms with E-state index in [1.54, 1.807) is 11.9 Å². The molecule has 2 rings (SSSR count). The lowest BCUT2D eigenvalue weighted by atomic mass is 9.74. The molecule has 1 aromatic carbocycles. The van der Waals surface area contributed by atoms with Gasteiger partial charge in [0.1, 0.15) is 5.60 Å². The lowest BCUT2D eigenvalue weighted by Crippen LogP contribution is -2.50. The number of aryl methyl sites for hydroxylation is 1. The van der Waals surface area contributed by atoms with Crippen LogP contribution in [0.4, 0.5) is 4.79 Å². The van der Waals surface area contributed by atoms with Crippen molar-refractivity contribution in [3.05, 3.63) is 35.9 Å². The molecule has 1 amide bonds. The van der Waals surface area contributed by atoms with Gasteiger partial charge in [-0.15, -0.1) is 0 Å². The van der Waals surface area contributed by atoms with Gasteiger partial charge < -0.3 is 18.9 Å². The molecule has 1 saturated heterocycles. The van der Waals surface area contributed by atoms with Gasteiger partial charge in [0.25, 0.3) is 0 Å². The molecule has 0 aromatic heterocycles. The molecule has 1 aliphatic rings. The van der Waals surface area contributed by atoms with Crippen LogP contribution in [0.1, 0.15) is 60.5 Å². The van der Waals surface area contributed by atoms with Crippen molar-refractivity contribution in [2.24, 2.45) is 0 Å². The van der Waals surface area contributed by atoms with Crippen molar-refractivity contribution in [1.82, 2.24) is 4.90 Å². The van der Waals surface area contributed by atoms with Gasteiger partial charge in [-0.05, 0) is 66.9 Å². The molecule has 0 aliphatic carbocycles. The van der Waals surface area contributed by atoms with Crippen molar-refractivity contribution in [2.45, 2.75) is 84.1 Å². The Kier molecular flexibility index (Phi) is 6.32. The molecule has 5 nitrogen and oxygen atoms in total. The molecule has 1 unspecified atom stereocenters. The summed E-state index contributed by atoms with van der Waals surface area (Å²) in [6.07, 6.45) is 1.18. The van der Waals surface area contributed by atoms with Crippen LogP contribution < -0.4 is 0 Å². The average molecular weight is 375 g/mol. The third-order valence-electron chi connectivity index (χ3n) is 5.34. The monoisotopic (exact) mass is 375 g/mol. The third kappa shape index (κ3) is 5.49. The Morgan fingerprint density at radius 1 is 1.11 bits per heavy atom.